The summed E-state index contributed by atoms with van der Waals surface area (Å²) in [5.41, 5.74) is 1.26. The first-order valence-electron chi connectivity index (χ1n) is 8.99. The van der Waals surface area contributed by atoms with Gasteiger partial charge in [0.15, 0.2) is 0 Å². The fraction of sp³-hybridized carbons (Fsp3) is 0.286. The third-order valence-corrected chi connectivity index (χ3v) is 4.94. The predicted molar refractivity (Wildman–Crippen MR) is 108 cm³/mol. The molecule has 1 fully saturated rings. The summed E-state index contributed by atoms with van der Waals surface area (Å²) in [6.07, 6.45) is 3.76. The van der Waals surface area contributed by atoms with Crippen molar-refractivity contribution < 1.29 is 14.7 Å². The number of nitrogens with zero attached hydrogens (tertiary/aromatic N) is 3. The van der Waals surface area contributed by atoms with Gasteiger partial charge >= 0.3 is 0 Å². The minimum Gasteiger partial charge on any atom is -0.507 e. The Balaban J connectivity index is 2.07. The first-order chi connectivity index (χ1) is 13.4. The molecule has 2 aromatic rings. The monoisotopic (exact) mass is 399 g/mol. The van der Waals surface area contributed by atoms with Crippen molar-refractivity contribution in [3.8, 4) is 0 Å². The minimum atomic E-state index is -0.681. The number of aromatic nitrogens is 1. The summed E-state index contributed by atoms with van der Waals surface area (Å²) in [7, 11) is 3.91. The van der Waals surface area contributed by atoms with Crippen molar-refractivity contribution in [2.24, 2.45) is 0 Å². The molecule has 1 aliphatic heterocycles. The lowest BCUT2D eigenvalue weighted by atomic mass is 9.95. The largest absolute Gasteiger partial charge is 0.507 e. The van der Waals surface area contributed by atoms with E-state index in [0.717, 1.165) is 12.1 Å². The lowest BCUT2D eigenvalue weighted by molar-refractivity contribution is -0.139. The third kappa shape index (κ3) is 4.08. The number of benzene rings is 1. The van der Waals surface area contributed by atoms with Crippen LogP contribution in [0, 0.1) is 0 Å². The van der Waals surface area contributed by atoms with Gasteiger partial charge in [-0.3, -0.25) is 14.6 Å². The Morgan fingerprint density at radius 3 is 2.39 bits per heavy atom. The molecule has 1 saturated heterocycles. The van der Waals surface area contributed by atoms with Crippen molar-refractivity contribution in [1.29, 1.82) is 0 Å². The molecule has 1 N–H and O–H groups in total. The van der Waals surface area contributed by atoms with Crippen LogP contribution in [0.15, 0.2) is 54.4 Å². The number of likely N-dealkylation sites (tertiary alicyclic amines) is 1. The predicted octanol–water partition coefficient (Wildman–Crippen LogP) is 3.11. The highest BCUT2D eigenvalue weighted by Crippen LogP contribution is 2.39. The van der Waals surface area contributed by atoms with Crippen LogP contribution in [0.4, 0.5) is 0 Å². The Morgan fingerprint density at radius 1 is 1.14 bits per heavy atom. The molecular formula is C21H22ClN3O3. The normalized spacial score (nSPS) is 18.9. The molecule has 1 amide bonds. The highest BCUT2D eigenvalue weighted by molar-refractivity contribution is 6.46. The van der Waals surface area contributed by atoms with Gasteiger partial charge in [0.05, 0.1) is 11.6 Å². The summed E-state index contributed by atoms with van der Waals surface area (Å²) < 4.78 is 0. The van der Waals surface area contributed by atoms with Gasteiger partial charge in [-0.1, -0.05) is 23.7 Å². The zero-order valence-corrected chi connectivity index (χ0v) is 16.6. The molecule has 1 aromatic carbocycles. The first kappa shape index (κ1) is 20.0. The molecule has 0 spiro atoms. The van der Waals surface area contributed by atoms with Crippen LogP contribution in [0.5, 0.6) is 0 Å². The van der Waals surface area contributed by atoms with Crippen molar-refractivity contribution in [3.63, 3.8) is 0 Å². The van der Waals surface area contributed by atoms with Gasteiger partial charge in [0.25, 0.3) is 11.7 Å². The zero-order valence-electron chi connectivity index (χ0n) is 15.8. The number of ketones is 1. The second-order valence-electron chi connectivity index (χ2n) is 6.94. The number of hydrogen-bond donors (Lipinski definition) is 1. The van der Waals surface area contributed by atoms with Crippen molar-refractivity contribution in [2.45, 2.75) is 12.5 Å². The van der Waals surface area contributed by atoms with Crippen LogP contribution < -0.4 is 0 Å². The van der Waals surface area contributed by atoms with Crippen molar-refractivity contribution in [1.82, 2.24) is 14.8 Å². The molecule has 3 rings (SSSR count). The molecule has 1 aromatic heterocycles. The van der Waals surface area contributed by atoms with Crippen LogP contribution in [0.25, 0.3) is 5.76 Å². The number of amides is 1. The van der Waals surface area contributed by atoms with E-state index < -0.39 is 17.7 Å². The number of carbonyl (C=O) groups excluding carboxylic acids is 2. The second-order valence-corrected chi connectivity index (χ2v) is 7.37. The quantitative estimate of drug-likeness (QED) is 0.459. The van der Waals surface area contributed by atoms with Gasteiger partial charge in [-0.25, -0.2) is 0 Å². The summed E-state index contributed by atoms with van der Waals surface area (Å²) in [5, 5.41) is 11.4. The molecule has 0 saturated carbocycles. The molecule has 7 heteroatoms. The summed E-state index contributed by atoms with van der Waals surface area (Å²) in [4.78, 5) is 33.1. The van der Waals surface area contributed by atoms with Gasteiger partial charge < -0.3 is 14.9 Å². The molecule has 0 radical (unpaired) electrons. The lowest BCUT2D eigenvalue weighted by Gasteiger charge is -2.26. The van der Waals surface area contributed by atoms with Gasteiger partial charge in [-0.15, -0.1) is 0 Å². The molecule has 1 atom stereocenters. The molecule has 0 aliphatic carbocycles. The fourth-order valence-electron chi connectivity index (χ4n) is 3.32. The van der Waals surface area contributed by atoms with E-state index >= 15 is 0 Å². The smallest absolute Gasteiger partial charge is 0.295 e. The first-order valence-corrected chi connectivity index (χ1v) is 9.37. The van der Waals surface area contributed by atoms with Crippen molar-refractivity contribution >= 4 is 29.1 Å². The Morgan fingerprint density at radius 2 is 1.79 bits per heavy atom. The van der Waals surface area contributed by atoms with Gasteiger partial charge in [0.2, 0.25) is 0 Å². The van der Waals surface area contributed by atoms with E-state index in [0.29, 0.717) is 23.6 Å². The Labute approximate surface area is 169 Å². The standard InChI is InChI=1S/C21H22ClN3O3/c1-24(2)12-3-13-25-18(14-4-6-16(22)7-5-14)17(20(27)21(25)28)19(26)15-8-10-23-11-9-15/h4-11,18,26H,3,12-13H2,1-2H3/t18-/m1/s1. The molecule has 0 bridgehead atoms. The number of Topliss-reactive ketones (excluding diaryl/α,β-unsaturated/α-hetero) is 1. The van der Waals surface area contributed by atoms with Crippen LogP contribution in [0.2, 0.25) is 5.02 Å². The van der Waals surface area contributed by atoms with Gasteiger partial charge in [-0.2, -0.15) is 0 Å². The molecule has 6 nitrogen and oxygen atoms in total. The Hall–Kier alpha value is -2.70. The van der Waals surface area contributed by atoms with E-state index in [2.05, 4.69) is 4.98 Å². The second kappa shape index (κ2) is 8.54. The number of pyridine rings is 1. The van der Waals surface area contributed by atoms with Crippen LogP contribution in [-0.4, -0.2) is 58.8 Å². The third-order valence-electron chi connectivity index (χ3n) is 4.68. The topological polar surface area (TPSA) is 73.7 Å². The van der Waals surface area contributed by atoms with Crippen LogP contribution in [-0.2, 0) is 9.59 Å². The number of aliphatic hydroxyl groups is 1. The van der Waals surface area contributed by atoms with Crippen LogP contribution in [0.1, 0.15) is 23.6 Å². The average Bonchev–Trinajstić information content (AvgIpc) is 2.93. The lowest BCUT2D eigenvalue weighted by Crippen LogP contribution is -2.32. The number of rotatable bonds is 6. The van der Waals surface area contributed by atoms with Crippen LogP contribution in [0.3, 0.4) is 0 Å². The van der Waals surface area contributed by atoms with Crippen LogP contribution >= 0.6 is 11.6 Å². The molecule has 1 aliphatic rings. The van der Waals surface area contributed by atoms with E-state index in [-0.39, 0.29) is 11.3 Å². The van der Waals surface area contributed by atoms with E-state index in [1.807, 2.05) is 19.0 Å². The average molecular weight is 400 g/mol. The SMILES string of the molecule is CN(C)CCCN1C(=O)C(=O)C(=C(O)c2ccncc2)[C@H]1c1ccc(Cl)cc1. The summed E-state index contributed by atoms with van der Waals surface area (Å²) >= 11 is 6.00. The highest BCUT2D eigenvalue weighted by Gasteiger charge is 2.45. The van der Waals surface area contributed by atoms with Gasteiger partial charge in [0.1, 0.15) is 5.76 Å². The van der Waals surface area contributed by atoms with Gasteiger partial charge in [-0.05, 0) is 56.9 Å². The Kier molecular flexibility index (Phi) is 6.11. The molecular weight excluding hydrogens is 378 g/mol. The highest BCUT2D eigenvalue weighted by atomic mass is 35.5. The fourth-order valence-corrected chi connectivity index (χ4v) is 3.45. The molecule has 146 valence electrons. The zero-order chi connectivity index (χ0) is 20.3. The van der Waals surface area contributed by atoms with E-state index in [4.69, 9.17) is 11.6 Å². The molecule has 28 heavy (non-hydrogen) atoms. The van der Waals surface area contributed by atoms with E-state index in [1.165, 1.54) is 17.3 Å². The minimum absolute atomic E-state index is 0.0865. The number of hydrogen-bond acceptors (Lipinski definition) is 5. The molecule has 0 unspecified atom stereocenters. The molecule has 2 heterocycles. The van der Waals surface area contributed by atoms with E-state index in [9.17, 15) is 14.7 Å². The maximum absolute atomic E-state index is 12.8. The summed E-state index contributed by atoms with van der Waals surface area (Å²) in [6, 6.07) is 9.52. The number of aliphatic hydroxyl groups excluding tert-OH is 1. The summed E-state index contributed by atoms with van der Waals surface area (Å²) in [6.45, 7) is 1.18. The maximum Gasteiger partial charge on any atom is 0.295 e. The van der Waals surface area contributed by atoms with Crippen molar-refractivity contribution in [3.05, 3.63) is 70.5 Å². The number of halogens is 1. The Bertz CT molecular complexity index is 895. The maximum atomic E-state index is 12.8. The summed E-state index contributed by atoms with van der Waals surface area (Å²) in [5.74, 6) is -1.48. The number of carbonyl (C=O) groups is 2. The van der Waals surface area contributed by atoms with Crippen molar-refractivity contribution in [2.75, 3.05) is 27.2 Å². The van der Waals surface area contributed by atoms with E-state index in [1.54, 1.807) is 36.4 Å². The van der Waals surface area contributed by atoms with Gasteiger partial charge in [0, 0.05) is 29.5 Å².